The van der Waals surface area contributed by atoms with Gasteiger partial charge >= 0.3 is 0 Å². The van der Waals surface area contributed by atoms with Crippen LogP contribution < -0.4 is 5.32 Å². The second kappa shape index (κ2) is 3.64. The van der Waals surface area contributed by atoms with Crippen LogP contribution in [0.5, 0.6) is 0 Å². The van der Waals surface area contributed by atoms with E-state index in [4.69, 9.17) is 16.0 Å². The lowest BCUT2D eigenvalue weighted by molar-refractivity contribution is 0.531. The van der Waals surface area contributed by atoms with E-state index in [-0.39, 0.29) is 0 Å². The summed E-state index contributed by atoms with van der Waals surface area (Å²) in [7, 11) is 1.89. The van der Waals surface area contributed by atoms with E-state index in [2.05, 4.69) is 12.2 Å². The van der Waals surface area contributed by atoms with Gasteiger partial charge in [0.15, 0.2) is 5.58 Å². The molecule has 14 heavy (non-hydrogen) atoms. The van der Waals surface area contributed by atoms with Gasteiger partial charge < -0.3 is 9.73 Å². The Morgan fingerprint density at radius 2 is 2.21 bits per heavy atom. The Morgan fingerprint density at radius 1 is 1.43 bits per heavy atom. The zero-order chi connectivity index (χ0) is 10.1. The van der Waals surface area contributed by atoms with Gasteiger partial charge in [-0.25, -0.2) is 0 Å². The van der Waals surface area contributed by atoms with Crippen LogP contribution in [0.25, 0.3) is 11.0 Å². The van der Waals surface area contributed by atoms with Crippen LogP contribution in [0.15, 0.2) is 22.6 Å². The number of benzene rings is 1. The Bertz CT molecular complexity index is 423. The van der Waals surface area contributed by atoms with Crippen LogP contribution in [-0.4, -0.2) is 7.05 Å². The van der Waals surface area contributed by atoms with Gasteiger partial charge in [0, 0.05) is 5.39 Å². The monoisotopic (exact) mass is 209 g/mol. The van der Waals surface area contributed by atoms with Crippen molar-refractivity contribution in [3.63, 3.8) is 0 Å². The summed E-state index contributed by atoms with van der Waals surface area (Å²) in [6.07, 6.45) is 0. The van der Waals surface area contributed by atoms with Crippen molar-refractivity contribution >= 4 is 22.6 Å². The summed E-state index contributed by atoms with van der Waals surface area (Å²) < 4.78 is 5.63. The van der Waals surface area contributed by atoms with E-state index in [1.807, 2.05) is 25.2 Å². The van der Waals surface area contributed by atoms with Crippen molar-refractivity contribution in [1.29, 1.82) is 0 Å². The van der Waals surface area contributed by atoms with Gasteiger partial charge in [0.25, 0.3) is 0 Å². The maximum atomic E-state index is 6.03. The zero-order valence-corrected chi connectivity index (χ0v) is 8.98. The second-order valence-corrected chi connectivity index (χ2v) is 3.76. The molecule has 0 bridgehead atoms. The van der Waals surface area contributed by atoms with Gasteiger partial charge in [0.1, 0.15) is 5.76 Å². The molecule has 2 rings (SSSR count). The summed E-state index contributed by atoms with van der Waals surface area (Å²) in [5.74, 6) is 0.915. The summed E-state index contributed by atoms with van der Waals surface area (Å²) in [6.45, 7) is 2.78. The quantitative estimate of drug-likeness (QED) is 0.822. The Kier molecular flexibility index (Phi) is 2.48. The van der Waals surface area contributed by atoms with Crippen LogP contribution in [0.4, 0.5) is 0 Å². The van der Waals surface area contributed by atoms with Gasteiger partial charge in [-0.1, -0.05) is 17.7 Å². The van der Waals surface area contributed by atoms with Crippen LogP contribution >= 0.6 is 11.6 Å². The first-order chi connectivity index (χ1) is 6.72. The van der Waals surface area contributed by atoms with E-state index in [9.17, 15) is 0 Å². The number of furan rings is 1. The van der Waals surface area contributed by atoms with E-state index in [0.717, 1.165) is 23.3 Å². The third-order valence-corrected chi connectivity index (χ3v) is 2.55. The molecule has 2 nitrogen and oxygen atoms in total. The molecule has 0 radical (unpaired) electrons. The summed E-state index contributed by atoms with van der Waals surface area (Å²) >= 11 is 6.03. The van der Waals surface area contributed by atoms with Gasteiger partial charge in [-0.2, -0.15) is 0 Å². The van der Waals surface area contributed by atoms with E-state index >= 15 is 0 Å². The maximum Gasteiger partial charge on any atom is 0.153 e. The molecule has 0 atom stereocenters. The lowest BCUT2D eigenvalue weighted by Gasteiger charge is -1.95. The Labute approximate surface area is 87.9 Å². The van der Waals surface area contributed by atoms with Crippen molar-refractivity contribution in [3.05, 3.63) is 34.5 Å². The fourth-order valence-electron chi connectivity index (χ4n) is 1.54. The molecule has 1 heterocycles. The maximum absolute atomic E-state index is 6.03. The predicted molar refractivity (Wildman–Crippen MR) is 58.7 cm³/mol. The third kappa shape index (κ3) is 1.51. The first-order valence-corrected chi connectivity index (χ1v) is 4.92. The average Bonchev–Trinajstić information content (AvgIpc) is 2.57. The fourth-order valence-corrected chi connectivity index (χ4v) is 1.74. The van der Waals surface area contributed by atoms with Crippen molar-refractivity contribution in [2.24, 2.45) is 0 Å². The van der Waals surface area contributed by atoms with E-state index in [1.54, 1.807) is 0 Å². The van der Waals surface area contributed by atoms with Crippen LogP contribution in [0.3, 0.4) is 0 Å². The minimum absolute atomic E-state index is 0.674. The van der Waals surface area contributed by atoms with Crippen LogP contribution in [0.2, 0.25) is 5.02 Å². The predicted octanol–water partition coefficient (Wildman–Crippen LogP) is 3.11. The van der Waals surface area contributed by atoms with Crippen molar-refractivity contribution in [2.45, 2.75) is 13.5 Å². The average molecular weight is 210 g/mol. The number of hydrogen-bond donors (Lipinski definition) is 1. The molecule has 1 aromatic heterocycles. The molecule has 3 heteroatoms. The van der Waals surface area contributed by atoms with Crippen molar-refractivity contribution < 1.29 is 4.42 Å². The molecule has 0 spiro atoms. The number of hydrogen-bond acceptors (Lipinski definition) is 2. The standard InChI is InChI=1S/C11H12ClNO/c1-7-3-4-10(12)11-9(7)5-8(14-11)6-13-2/h3-5,13H,6H2,1-2H3. The Balaban J connectivity index is 2.63. The molecule has 0 aliphatic heterocycles. The van der Waals surface area contributed by atoms with Crippen LogP contribution in [0.1, 0.15) is 11.3 Å². The molecule has 74 valence electrons. The molecule has 0 saturated carbocycles. The molecule has 0 fully saturated rings. The van der Waals surface area contributed by atoms with Gasteiger partial charge in [0.05, 0.1) is 11.6 Å². The number of halogens is 1. The van der Waals surface area contributed by atoms with Crippen molar-refractivity contribution in [1.82, 2.24) is 5.32 Å². The lowest BCUT2D eigenvalue weighted by Crippen LogP contribution is -2.03. The largest absolute Gasteiger partial charge is 0.458 e. The highest BCUT2D eigenvalue weighted by molar-refractivity contribution is 6.34. The molecule has 0 aliphatic rings. The minimum atomic E-state index is 0.674. The molecule has 1 aromatic carbocycles. The zero-order valence-electron chi connectivity index (χ0n) is 8.23. The first-order valence-electron chi connectivity index (χ1n) is 4.54. The third-order valence-electron chi connectivity index (χ3n) is 2.26. The molecular weight excluding hydrogens is 198 g/mol. The topological polar surface area (TPSA) is 25.2 Å². The SMILES string of the molecule is CNCc1cc2c(C)ccc(Cl)c2o1. The smallest absolute Gasteiger partial charge is 0.153 e. The molecule has 0 amide bonds. The van der Waals surface area contributed by atoms with E-state index in [1.165, 1.54) is 5.56 Å². The number of fused-ring (bicyclic) bond motifs is 1. The first kappa shape index (κ1) is 9.56. The fraction of sp³-hybridized carbons (Fsp3) is 0.273. The number of rotatable bonds is 2. The molecule has 2 aromatic rings. The van der Waals surface area contributed by atoms with Gasteiger partial charge in [-0.05, 0) is 31.7 Å². The highest BCUT2D eigenvalue weighted by Crippen LogP contribution is 2.29. The molecule has 0 unspecified atom stereocenters. The second-order valence-electron chi connectivity index (χ2n) is 3.35. The van der Waals surface area contributed by atoms with E-state index < -0.39 is 0 Å². The highest BCUT2D eigenvalue weighted by atomic mass is 35.5. The van der Waals surface area contributed by atoms with Crippen LogP contribution in [0, 0.1) is 6.92 Å². The normalized spacial score (nSPS) is 11.1. The van der Waals surface area contributed by atoms with Crippen molar-refractivity contribution in [3.8, 4) is 0 Å². The lowest BCUT2D eigenvalue weighted by atomic mass is 10.1. The molecule has 1 N–H and O–H groups in total. The molecular formula is C11H12ClNO. The summed E-state index contributed by atoms with van der Waals surface area (Å²) in [5, 5.41) is 4.82. The van der Waals surface area contributed by atoms with Gasteiger partial charge in [-0.3, -0.25) is 0 Å². The molecule has 0 aliphatic carbocycles. The van der Waals surface area contributed by atoms with E-state index in [0.29, 0.717) is 5.02 Å². The molecule has 0 saturated heterocycles. The van der Waals surface area contributed by atoms with Crippen molar-refractivity contribution in [2.75, 3.05) is 7.05 Å². The number of aryl methyl sites for hydroxylation is 1. The minimum Gasteiger partial charge on any atom is -0.458 e. The highest BCUT2D eigenvalue weighted by Gasteiger charge is 2.08. The van der Waals surface area contributed by atoms with Gasteiger partial charge in [0.2, 0.25) is 0 Å². The Hall–Kier alpha value is -0.990. The number of nitrogens with one attached hydrogen (secondary N) is 1. The van der Waals surface area contributed by atoms with Gasteiger partial charge in [-0.15, -0.1) is 0 Å². The summed E-state index contributed by atoms with van der Waals surface area (Å²) in [6, 6.07) is 5.91. The summed E-state index contributed by atoms with van der Waals surface area (Å²) in [5.41, 5.74) is 1.98. The summed E-state index contributed by atoms with van der Waals surface area (Å²) in [4.78, 5) is 0. The van der Waals surface area contributed by atoms with Crippen LogP contribution in [-0.2, 0) is 6.54 Å². The Morgan fingerprint density at radius 3 is 2.86 bits per heavy atom.